The fraction of sp³-hybridized carbons (Fsp3) is 0.100. The van der Waals surface area contributed by atoms with Crippen LogP contribution in [0.2, 0.25) is 0 Å². The van der Waals surface area contributed by atoms with Crippen LogP contribution in [-0.2, 0) is 0 Å². The molecule has 2 aromatic rings. The Morgan fingerprint density at radius 3 is 2.93 bits per heavy atom. The summed E-state index contributed by atoms with van der Waals surface area (Å²) in [5.74, 6) is 0.183. The van der Waals surface area contributed by atoms with Crippen molar-refractivity contribution in [2.45, 2.75) is 6.92 Å². The van der Waals surface area contributed by atoms with Crippen LogP contribution in [0.4, 0.5) is 4.39 Å². The van der Waals surface area contributed by atoms with E-state index in [1.165, 1.54) is 23.5 Å². The molecule has 0 saturated carbocycles. The molecule has 0 unspecified atom stereocenters. The molecule has 78 valence electrons. The van der Waals surface area contributed by atoms with Crippen molar-refractivity contribution >= 4 is 27.3 Å². The third-order valence-electron chi connectivity index (χ3n) is 1.80. The molecule has 0 spiro atoms. The van der Waals surface area contributed by atoms with Crippen molar-refractivity contribution in [2.24, 2.45) is 0 Å². The molecule has 0 atom stereocenters. The third kappa shape index (κ3) is 2.54. The van der Waals surface area contributed by atoms with Crippen LogP contribution in [-0.4, -0.2) is 4.98 Å². The molecule has 0 radical (unpaired) electrons. The van der Waals surface area contributed by atoms with Crippen LogP contribution >= 0.6 is 27.3 Å². The number of aryl methyl sites for hydroxylation is 1. The average Bonchev–Trinajstić information content (AvgIpc) is 2.58. The summed E-state index contributed by atoms with van der Waals surface area (Å²) in [4.78, 5) is 4.07. The second-order valence-corrected chi connectivity index (χ2v) is 4.58. The smallest absolute Gasteiger partial charge is 0.279 e. The highest BCUT2D eigenvalue weighted by Gasteiger charge is 2.06. The summed E-state index contributed by atoms with van der Waals surface area (Å²) in [6.45, 7) is 1.86. The molecule has 0 N–H and O–H groups in total. The first-order chi connectivity index (χ1) is 7.15. The Morgan fingerprint density at radius 2 is 2.27 bits per heavy atom. The maximum absolute atomic E-state index is 12.9. The highest BCUT2D eigenvalue weighted by atomic mass is 79.9. The minimum Gasteiger partial charge on any atom is -0.430 e. The van der Waals surface area contributed by atoms with Gasteiger partial charge in [-0.05, 0) is 34.5 Å². The quantitative estimate of drug-likeness (QED) is 0.828. The molecule has 2 nitrogen and oxygen atoms in total. The van der Waals surface area contributed by atoms with E-state index in [2.05, 4.69) is 20.9 Å². The minimum absolute atomic E-state index is 0.314. The van der Waals surface area contributed by atoms with Gasteiger partial charge in [-0.25, -0.2) is 4.39 Å². The summed E-state index contributed by atoms with van der Waals surface area (Å²) in [6, 6.07) is 4.43. The number of ether oxygens (including phenoxy) is 1. The lowest BCUT2D eigenvalue weighted by molar-refractivity contribution is 0.468. The van der Waals surface area contributed by atoms with E-state index in [9.17, 15) is 4.39 Å². The van der Waals surface area contributed by atoms with Crippen molar-refractivity contribution in [3.05, 3.63) is 39.6 Å². The molecule has 1 heterocycles. The number of hydrogen-bond acceptors (Lipinski definition) is 3. The number of rotatable bonds is 2. The molecule has 15 heavy (non-hydrogen) atoms. The van der Waals surface area contributed by atoms with Crippen LogP contribution in [0.1, 0.15) is 5.56 Å². The topological polar surface area (TPSA) is 22.1 Å². The SMILES string of the molecule is Cc1ccc(F)cc1Oc1nc(Br)cs1. The zero-order valence-corrected chi connectivity index (χ0v) is 10.2. The zero-order valence-electron chi connectivity index (χ0n) is 7.83. The van der Waals surface area contributed by atoms with E-state index in [0.29, 0.717) is 10.9 Å². The molecular formula is C10H7BrFNOS. The van der Waals surface area contributed by atoms with E-state index in [0.717, 1.165) is 10.2 Å². The van der Waals surface area contributed by atoms with Gasteiger partial charge >= 0.3 is 0 Å². The molecule has 0 aliphatic rings. The lowest BCUT2D eigenvalue weighted by atomic mass is 10.2. The Kier molecular flexibility index (Phi) is 3.02. The maximum atomic E-state index is 12.9. The fourth-order valence-electron chi connectivity index (χ4n) is 1.06. The van der Waals surface area contributed by atoms with Gasteiger partial charge in [-0.15, -0.1) is 0 Å². The zero-order chi connectivity index (χ0) is 10.8. The predicted octanol–water partition coefficient (Wildman–Crippen LogP) is 4.15. The van der Waals surface area contributed by atoms with E-state index in [4.69, 9.17) is 4.74 Å². The Morgan fingerprint density at radius 1 is 1.47 bits per heavy atom. The van der Waals surface area contributed by atoms with E-state index < -0.39 is 0 Å². The standard InChI is InChI=1S/C10H7BrFNOS/c1-6-2-3-7(12)4-8(6)14-10-13-9(11)5-15-10/h2-5H,1H3. The highest BCUT2D eigenvalue weighted by molar-refractivity contribution is 9.10. The molecule has 1 aromatic heterocycles. The molecule has 0 aliphatic heterocycles. The second kappa shape index (κ2) is 4.28. The number of thiazole rings is 1. The van der Waals surface area contributed by atoms with Gasteiger partial charge in [0.05, 0.1) is 0 Å². The van der Waals surface area contributed by atoms with Gasteiger partial charge in [0.25, 0.3) is 5.19 Å². The van der Waals surface area contributed by atoms with Gasteiger partial charge < -0.3 is 4.74 Å². The van der Waals surface area contributed by atoms with Crippen LogP contribution in [0, 0.1) is 12.7 Å². The molecule has 0 aliphatic carbocycles. The normalized spacial score (nSPS) is 10.3. The maximum Gasteiger partial charge on any atom is 0.279 e. The third-order valence-corrected chi connectivity index (χ3v) is 3.23. The van der Waals surface area contributed by atoms with Gasteiger partial charge in [0, 0.05) is 11.4 Å². The summed E-state index contributed by atoms with van der Waals surface area (Å²) in [5, 5.41) is 2.31. The monoisotopic (exact) mass is 287 g/mol. The van der Waals surface area contributed by atoms with Crippen molar-refractivity contribution in [1.29, 1.82) is 0 Å². The minimum atomic E-state index is -0.314. The van der Waals surface area contributed by atoms with Crippen LogP contribution in [0.15, 0.2) is 28.2 Å². The van der Waals surface area contributed by atoms with Crippen LogP contribution in [0.3, 0.4) is 0 Å². The number of hydrogen-bond donors (Lipinski definition) is 0. The molecule has 2 rings (SSSR count). The number of aromatic nitrogens is 1. The van der Waals surface area contributed by atoms with Crippen molar-refractivity contribution in [1.82, 2.24) is 4.98 Å². The van der Waals surface area contributed by atoms with E-state index in [1.807, 2.05) is 12.3 Å². The number of nitrogens with zero attached hydrogens (tertiary/aromatic N) is 1. The second-order valence-electron chi connectivity index (χ2n) is 2.95. The van der Waals surface area contributed by atoms with Crippen LogP contribution in [0.25, 0.3) is 0 Å². The van der Waals surface area contributed by atoms with Gasteiger partial charge in [0.1, 0.15) is 16.2 Å². The lowest BCUT2D eigenvalue weighted by Crippen LogP contribution is -1.88. The summed E-state index contributed by atoms with van der Waals surface area (Å²) < 4.78 is 19.1. The van der Waals surface area contributed by atoms with E-state index in [-0.39, 0.29) is 5.82 Å². The lowest BCUT2D eigenvalue weighted by Gasteiger charge is -2.04. The van der Waals surface area contributed by atoms with E-state index >= 15 is 0 Å². The van der Waals surface area contributed by atoms with Gasteiger partial charge in [0.2, 0.25) is 0 Å². The summed E-state index contributed by atoms with van der Waals surface area (Å²) in [5.41, 5.74) is 0.878. The van der Waals surface area contributed by atoms with Gasteiger partial charge in [-0.3, -0.25) is 0 Å². The molecule has 0 amide bonds. The first-order valence-corrected chi connectivity index (χ1v) is 5.87. The fourth-order valence-corrected chi connectivity index (χ4v) is 2.16. The van der Waals surface area contributed by atoms with Crippen molar-refractivity contribution in [3.8, 4) is 10.9 Å². The molecular weight excluding hydrogens is 281 g/mol. The predicted molar refractivity (Wildman–Crippen MR) is 61.0 cm³/mol. The van der Waals surface area contributed by atoms with Crippen LogP contribution in [0.5, 0.6) is 10.9 Å². The van der Waals surface area contributed by atoms with Gasteiger partial charge in [-0.1, -0.05) is 17.4 Å². The number of halogens is 2. The number of benzene rings is 1. The van der Waals surface area contributed by atoms with Crippen molar-refractivity contribution < 1.29 is 9.13 Å². The first kappa shape index (κ1) is 10.6. The summed E-state index contributed by atoms with van der Waals surface area (Å²) in [7, 11) is 0. The first-order valence-electron chi connectivity index (χ1n) is 4.20. The van der Waals surface area contributed by atoms with Crippen molar-refractivity contribution in [3.63, 3.8) is 0 Å². The summed E-state index contributed by atoms with van der Waals surface area (Å²) >= 11 is 4.58. The highest BCUT2D eigenvalue weighted by Crippen LogP contribution is 2.29. The molecule has 0 saturated heterocycles. The average molecular weight is 288 g/mol. The Labute approximate surface area is 98.9 Å². The van der Waals surface area contributed by atoms with Gasteiger partial charge in [-0.2, -0.15) is 4.98 Å². The van der Waals surface area contributed by atoms with Crippen LogP contribution < -0.4 is 4.74 Å². The van der Waals surface area contributed by atoms with Crippen molar-refractivity contribution in [2.75, 3.05) is 0 Å². The largest absolute Gasteiger partial charge is 0.430 e. The Bertz CT molecular complexity index is 486. The molecule has 5 heteroatoms. The molecule has 0 fully saturated rings. The molecule has 1 aromatic carbocycles. The van der Waals surface area contributed by atoms with E-state index in [1.54, 1.807) is 6.07 Å². The Balaban J connectivity index is 2.27. The molecule has 0 bridgehead atoms. The summed E-state index contributed by atoms with van der Waals surface area (Å²) in [6.07, 6.45) is 0. The van der Waals surface area contributed by atoms with Gasteiger partial charge in [0.15, 0.2) is 0 Å². The Hall–Kier alpha value is -0.940.